The molecule has 1 heterocycles. The highest BCUT2D eigenvalue weighted by Gasteiger charge is 2.19. The van der Waals surface area contributed by atoms with Crippen LogP contribution in [0.2, 0.25) is 5.02 Å². The number of rotatable bonds is 7. The van der Waals surface area contributed by atoms with Gasteiger partial charge in [0.2, 0.25) is 0 Å². The third-order valence-electron chi connectivity index (χ3n) is 4.93. The largest absolute Gasteiger partial charge is 0.452 e. The maximum absolute atomic E-state index is 12.5. The molecule has 2 aromatic carbocycles. The van der Waals surface area contributed by atoms with E-state index in [1.807, 2.05) is 43.3 Å². The van der Waals surface area contributed by atoms with Crippen molar-refractivity contribution in [2.45, 2.75) is 13.5 Å². The van der Waals surface area contributed by atoms with Crippen molar-refractivity contribution in [3.8, 4) is 5.69 Å². The summed E-state index contributed by atoms with van der Waals surface area (Å²) in [6.45, 7) is 1.86. The topological polar surface area (TPSA) is 67.7 Å². The molecule has 0 saturated carbocycles. The Kier molecular flexibility index (Phi) is 6.97. The van der Waals surface area contributed by atoms with Crippen LogP contribution < -0.4 is 4.90 Å². The van der Waals surface area contributed by atoms with Crippen LogP contribution in [-0.2, 0) is 16.1 Å². The number of aromatic nitrogens is 2. The van der Waals surface area contributed by atoms with E-state index in [9.17, 15) is 9.59 Å². The molecule has 0 spiro atoms. The molecule has 162 valence electrons. The van der Waals surface area contributed by atoms with E-state index in [1.165, 1.54) is 11.1 Å². The molecule has 0 bridgehead atoms. The smallest absolute Gasteiger partial charge is 0.342 e. The van der Waals surface area contributed by atoms with Gasteiger partial charge in [0.1, 0.15) is 5.56 Å². The Labute approximate surface area is 186 Å². The van der Waals surface area contributed by atoms with Crippen LogP contribution in [0.15, 0.2) is 54.7 Å². The van der Waals surface area contributed by atoms with Crippen molar-refractivity contribution < 1.29 is 14.3 Å². The van der Waals surface area contributed by atoms with Crippen molar-refractivity contribution in [1.29, 1.82) is 0 Å². The number of halogens is 1. The van der Waals surface area contributed by atoms with Gasteiger partial charge in [-0.25, -0.2) is 9.48 Å². The average Bonchev–Trinajstić information content (AvgIpc) is 3.14. The third-order valence-corrected chi connectivity index (χ3v) is 5.18. The van der Waals surface area contributed by atoms with Gasteiger partial charge >= 0.3 is 5.97 Å². The van der Waals surface area contributed by atoms with Crippen molar-refractivity contribution in [3.63, 3.8) is 0 Å². The van der Waals surface area contributed by atoms with Crippen LogP contribution in [0.25, 0.3) is 5.69 Å². The molecule has 3 rings (SSSR count). The van der Waals surface area contributed by atoms with E-state index in [4.69, 9.17) is 16.3 Å². The Balaban J connectivity index is 1.57. The van der Waals surface area contributed by atoms with Crippen LogP contribution in [0, 0.1) is 6.92 Å². The summed E-state index contributed by atoms with van der Waals surface area (Å²) in [5, 5.41) is 4.86. The number of nitrogens with zero attached hydrogens (tertiary/aromatic N) is 4. The summed E-state index contributed by atoms with van der Waals surface area (Å²) in [5.74, 6) is -0.873. The number of benzene rings is 2. The first-order valence-corrected chi connectivity index (χ1v) is 10.1. The van der Waals surface area contributed by atoms with Crippen molar-refractivity contribution >= 4 is 29.2 Å². The lowest BCUT2D eigenvalue weighted by atomic mass is 10.2. The summed E-state index contributed by atoms with van der Waals surface area (Å²) in [4.78, 5) is 28.4. The average molecular weight is 441 g/mol. The first-order valence-electron chi connectivity index (χ1n) is 9.74. The van der Waals surface area contributed by atoms with Crippen molar-refractivity contribution in [2.24, 2.45) is 0 Å². The first kappa shape index (κ1) is 22.4. The zero-order chi connectivity index (χ0) is 22.5. The third kappa shape index (κ3) is 5.44. The Hall–Kier alpha value is -3.32. The van der Waals surface area contributed by atoms with E-state index in [1.54, 1.807) is 42.9 Å². The number of ether oxygens (including phenoxy) is 1. The van der Waals surface area contributed by atoms with Gasteiger partial charge in [-0.1, -0.05) is 23.7 Å². The summed E-state index contributed by atoms with van der Waals surface area (Å²) in [5.41, 5.74) is 3.78. The van der Waals surface area contributed by atoms with Gasteiger partial charge in [-0.15, -0.1) is 0 Å². The maximum Gasteiger partial charge on any atom is 0.342 e. The van der Waals surface area contributed by atoms with Gasteiger partial charge in [-0.2, -0.15) is 5.10 Å². The first-order chi connectivity index (χ1) is 14.8. The molecule has 7 nitrogen and oxygen atoms in total. The summed E-state index contributed by atoms with van der Waals surface area (Å²) >= 11 is 5.92. The number of carbonyl (C=O) groups is 2. The predicted molar refractivity (Wildman–Crippen MR) is 121 cm³/mol. The van der Waals surface area contributed by atoms with Gasteiger partial charge < -0.3 is 14.5 Å². The van der Waals surface area contributed by atoms with Crippen molar-refractivity contribution in [2.75, 3.05) is 32.6 Å². The van der Waals surface area contributed by atoms with Crippen LogP contribution in [0.3, 0.4) is 0 Å². The number of hydrogen-bond acceptors (Lipinski definition) is 5. The number of anilines is 1. The molecular formula is C23H25ClN4O3. The highest BCUT2D eigenvalue weighted by Crippen LogP contribution is 2.18. The zero-order valence-corrected chi connectivity index (χ0v) is 18.8. The van der Waals surface area contributed by atoms with E-state index < -0.39 is 5.97 Å². The molecule has 1 amide bonds. The molecule has 0 aliphatic rings. The monoisotopic (exact) mass is 440 g/mol. The number of esters is 1. The van der Waals surface area contributed by atoms with Gasteiger partial charge in [0, 0.05) is 38.4 Å². The highest BCUT2D eigenvalue weighted by atomic mass is 35.5. The summed E-state index contributed by atoms with van der Waals surface area (Å²) in [6, 6.07) is 15.0. The Morgan fingerprint density at radius 3 is 2.29 bits per heavy atom. The van der Waals surface area contributed by atoms with Gasteiger partial charge in [0.15, 0.2) is 6.61 Å². The number of likely N-dealkylation sites (N-methyl/N-ethyl adjacent to an activating group) is 1. The Morgan fingerprint density at radius 2 is 1.68 bits per heavy atom. The minimum Gasteiger partial charge on any atom is -0.452 e. The number of amides is 1. The second kappa shape index (κ2) is 9.66. The standard InChI is InChI=1S/C23H25ClN4O3/c1-16-21(13-25-28(16)20-11-7-18(24)8-12-20)23(30)31-15-22(29)27(4)14-17-5-9-19(10-6-17)26(2)3/h5-13H,14-15H2,1-4H3. The minimum absolute atomic E-state index is 0.284. The minimum atomic E-state index is -0.588. The van der Waals surface area contributed by atoms with Crippen molar-refractivity contribution in [1.82, 2.24) is 14.7 Å². The lowest BCUT2D eigenvalue weighted by Gasteiger charge is -2.18. The van der Waals surface area contributed by atoms with Gasteiger partial charge in [0.05, 0.1) is 17.6 Å². The molecule has 0 atom stereocenters. The molecular weight excluding hydrogens is 416 g/mol. The van der Waals surface area contributed by atoms with Crippen molar-refractivity contribution in [3.05, 3.63) is 76.6 Å². The Bertz CT molecular complexity index is 1060. The maximum atomic E-state index is 12.5. The molecule has 0 fully saturated rings. The van der Waals surface area contributed by atoms with Crippen LogP contribution in [-0.4, -0.2) is 54.3 Å². The van der Waals surface area contributed by atoms with Crippen LogP contribution >= 0.6 is 11.6 Å². The zero-order valence-electron chi connectivity index (χ0n) is 18.0. The van der Waals surface area contributed by atoms with Crippen LogP contribution in [0.1, 0.15) is 21.6 Å². The molecule has 0 saturated heterocycles. The molecule has 0 N–H and O–H groups in total. The van der Waals surface area contributed by atoms with Gasteiger partial charge in [-0.05, 0) is 48.9 Å². The molecule has 8 heteroatoms. The lowest BCUT2D eigenvalue weighted by molar-refractivity contribution is -0.133. The second-order valence-electron chi connectivity index (χ2n) is 7.42. The molecule has 0 aliphatic carbocycles. The van der Waals surface area contributed by atoms with E-state index in [2.05, 4.69) is 5.10 Å². The fourth-order valence-electron chi connectivity index (χ4n) is 3.03. The fraction of sp³-hybridized carbons (Fsp3) is 0.261. The van der Waals surface area contributed by atoms with Crippen LogP contribution in [0.4, 0.5) is 5.69 Å². The molecule has 0 radical (unpaired) electrons. The molecule has 1 aromatic heterocycles. The van der Waals surface area contributed by atoms with Gasteiger partial charge in [0.25, 0.3) is 5.91 Å². The Morgan fingerprint density at radius 1 is 1.03 bits per heavy atom. The fourth-order valence-corrected chi connectivity index (χ4v) is 3.16. The highest BCUT2D eigenvalue weighted by molar-refractivity contribution is 6.30. The summed E-state index contributed by atoms with van der Waals surface area (Å²) in [6.07, 6.45) is 1.44. The predicted octanol–water partition coefficient (Wildman–Crippen LogP) is 3.72. The van der Waals surface area contributed by atoms with Crippen LogP contribution in [0.5, 0.6) is 0 Å². The van der Waals surface area contributed by atoms with E-state index >= 15 is 0 Å². The molecule has 0 aliphatic heterocycles. The lowest BCUT2D eigenvalue weighted by Crippen LogP contribution is -2.30. The molecule has 31 heavy (non-hydrogen) atoms. The summed E-state index contributed by atoms with van der Waals surface area (Å²) < 4.78 is 6.86. The molecule has 3 aromatic rings. The number of hydrogen-bond donors (Lipinski definition) is 0. The van der Waals surface area contributed by atoms with E-state index in [-0.39, 0.29) is 12.5 Å². The normalized spacial score (nSPS) is 10.6. The van der Waals surface area contributed by atoms with Gasteiger partial charge in [-0.3, -0.25) is 4.79 Å². The van der Waals surface area contributed by atoms with E-state index in [0.717, 1.165) is 16.9 Å². The quantitative estimate of drug-likeness (QED) is 0.524. The number of carbonyl (C=O) groups excluding carboxylic acids is 2. The second-order valence-corrected chi connectivity index (χ2v) is 7.86. The summed E-state index contributed by atoms with van der Waals surface area (Å²) in [7, 11) is 5.62. The molecule has 0 unspecified atom stereocenters. The SMILES string of the molecule is Cc1c(C(=O)OCC(=O)N(C)Cc2ccc(N(C)C)cc2)cnn1-c1ccc(Cl)cc1. The van der Waals surface area contributed by atoms with E-state index in [0.29, 0.717) is 22.8 Å².